The second kappa shape index (κ2) is 11.5. The molecule has 0 unspecified atom stereocenters. The van der Waals surface area contributed by atoms with Crippen molar-refractivity contribution in [1.82, 2.24) is 4.90 Å². The topological polar surface area (TPSA) is 100 Å². The molecule has 5 rings (SSSR count). The molecule has 0 aromatic carbocycles. The van der Waals surface area contributed by atoms with E-state index < -0.39 is 7.12 Å². The molecule has 3 fully saturated rings. The van der Waals surface area contributed by atoms with Crippen LogP contribution in [0, 0.1) is 23.7 Å². The largest absolute Gasteiger partial charge is 0.459 e. The van der Waals surface area contributed by atoms with Gasteiger partial charge in [0.25, 0.3) is 0 Å². The summed E-state index contributed by atoms with van der Waals surface area (Å²) < 4.78 is 11.8. The zero-order chi connectivity index (χ0) is 27.0. The van der Waals surface area contributed by atoms with E-state index in [0.717, 1.165) is 44.1 Å². The lowest BCUT2D eigenvalue weighted by molar-refractivity contribution is -0.143. The van der Waals surface area contributed by atoms with E-state index in [0.29, 0.717) is 30.7 Å². The van der Waals surface area contributed by atoms with Gasteiger partial charge >= 0.3 is 7.12 Å². The molecule has 206 valence electrons. The number of allylic oxidation sites excluding steroid dienone is 2. The number of nitrogens with zero attached hydrogens (tertiary/aromatic N) is 1. The molecule has 2 N–H and O–H groups in total. The number of hydrogen-bond acceptors (Lipinski definition) is 6. The van der Waals surface area contributed by atoms with E-state index in [1.807, 2.05) is 12.1 Å². The summed E-state index contributed by atoms with van der Waals surface area (Å²) in [5.74, 6) is 0.634. The molecule has 1 saturated carbocycles. The van der Waals surface area contributed by atoms with Crippen molar-refractivity contribution in [2.24, 2.45) is 23.7 Å². The Kier molecular flexibility index (Phi) is 8.32. The van der Waals surface area contributed by atoms with Crippen molar-refractivity contribution in [3.63, 3.8) is 0 Å². The van der Waals surface area contributed by atoms with Crippen molar-refractivity contribution >= 4 is 25.0 Å². The lowest BCUT2D eigenvalue weighted by Gasteiger charge is -2.44. The summed E-state index contributed by atoms with van der Waals surface area (Å²) in [6, 6.07) is 3.67. The fraction of sp³-hybridized carbons (Fsp3) is 0.667. The number of aliphatic hydroxyl groups excluding tert-OH is 1. The second-order valence-electron chi connectivity index (χ2n) is 11.9. The molecular formula is C30H42BNO6. The fourth-order valence-corrected chi connectivity index (χ4v) is 7.40. The first-order valence-electron chi connectivity index (χ1n) is 14.6. The average molecular weight is 523 g/mol. The molecule has 8 heteroatoms. The van der Waals surface area contributed by atoms with E-state index in [2.05, 4.69) is 20.8 Å². The zero-order valence-corrected chi connectivity index (χ0v) is 23.0. The number of imide groups is 1. The van der Waals surface area contributed by atoms with Crippen LogP contribution in [0.1, 0.15) is 90.1 Å². The monoisotopic (exact) mass is 523 g/mol. The molecule has 2 amide bonds. The number of furan rings is 1. The Hall–Kier alpha value is -2.16. The van der Waals surface area contributed by atoms with Crippen LogP contribution in [0.3, 0.4) is 0 Å². The van der Waals surface area contributed by atoms with E-state index in [9.17, 15) is 19.7 Å². The van der Waals surface area contributed by atoms with Crippen LogP contribution in [0.5, 0.6) is 0 Å². The molecule has 1 aromatic rings. The molecule has 4 aliphatic rings. The summed E-state index contributed by atoms with van der Waals surface area (Å²) in [5, 5.41) is 20.1. The first-order valence-corrected chi connectivity index (χ1v) is 14.6. The van der Waals surface area contributed by atoms with E-state index in [1.54, 1.807) is 11.0 Å². The predicted molar refractivity (Wildman–Crippen MR) is 145 cm³/mol. The Labute approximate surface area is 226 Å². The summed E-state index contributed by atoms with van der Waals surface area (Å²) in [4.78, 5) is 29.2. The van der Waals surface area contributed by atoms with Crippen molar-refractivity contribution in [1.29, 1.82) is 0 Å². The van der Waals surface area contributed by atoms with Crippen molar-refractivity contribution in [3.8, 4) is 0 Å². The van der Waals surface area contributed by atoms with E-state index in [4.69, 9.17) is 9.07 Å². The third-order valence-corrected chi connectivity index (χ3v) is 9.28. The summed E-state index contributed by atoms with van der Waals surface area (Å²) in [7, 11) is -0.946. The highest BCUT2D eigenvalue weighted by atomic mass is 16.5. The fourth-order valence-electron chi connectivity index (χ4n) is 7.40. The van der Waals surface area contributed by atoms with Gasteiger partial charge in [-0.15, -0.1) is 0 Å². The molecule has 3 heterocycles. The van der Waals surface area contributed by atoms with Crippen LogP contribution in [0.15, 0.2) is 33.3 Å². The number of amides is 2. The average Bonchev–Trinajstić information content (AvgIpc) is 3.47. The number of carbonyl (C=O) groups is 2. The van der Waals surface area contributed by atoms with Gasteiger partial charge < -0.3 is 19.2 Å². The lowest BCUT2D eigenvalue weighted by Crippen LogP contribution is -2.47. The van der Waals surface area contributed by atoms with Gasteiger partial charge in [0.1, 0.15) is 18.1 Å². The van der Waals surface area contributed by atoms with Gasteiger partial charge in [-0.1, -0.05) is 51.2 Å². The van der Waals surface area contributed by atoms with Crippen LogP contribution in [0.4, 0.5) is 0 Å². The van der Waals surface area contributed by atoms with Crippen molar-refractivity contribution in [2.45, 2.75) is 104 Å². The zero-order valence-electron chi connectivity index (χ0n) is 23.0. The normalized spacial score (nSPS) is 28.9. The van der Waals surface area contributed by atoms with Crippen LogP contribution in [0.25, 0.3) is 6.08 Å². The van der Waals surface area contributed by atoms with Crippen LogP contribution < -0.4 is 0 Å². The Morgan fingerprint density at radius 1 is 1.16 bits per heavy atom. The molecule has 2 aliphatic carbocycles. The van der Waals surface area contributed by atoms with Crippen LogP contribution >= 0.6 is 0 Å². The highest BCUT2D eigenvalue weighted by Gasteiger charge is 2.58. The van der Waals surface area contributed by atoms with Gasteiger partial charge in [0.2, 0.25) is 11.8 Å². The van der Waals surface area contributed by atoms with Gasteiger partial charge in [-0.2, -0.15) is 0 Å². The van der Waals surface area contributed by atoms with Gasteiger partial charge in [-0.3, -0.25) is 14.5 Å². The van der Waals surface area contributed by atoms with Gasteiger partial charge in [0, 0.05) is 6.04 Å². The Morgan fingerprint density at radius 2 is 1.92 bits per heavy atom. The highest BCUT2D eigenvalue weighted by molar-refractivity contribution is 6.43. The number of likely N-dealkylation sites (tertiary alicyclic amines) is 1. The summed E-state index contributed by atoms with van der Waals surface area (Å²) >= 11 is 0. The van der Waals surface area contributed by atoms with Gasteiger partial charge in [-0.25, -0.2) is 0 Å². The Morgan fingerprint density at radius 3 is 2.58 bits per heavy atom. The number of fused-ring (bicyclic) bond motifs is 3. The molecule has 4 atom stereocenters. The van der Waals surface area contributed by atoms with Crippen molar-refractivity contribution < 1.29 is 28.8 Å². The van der Waals surface area contributed by atoms with Gasteiger partial charge in [0.05, 0.1) is 17.9 Å². The molecule has 0 radical (unpaired) electrons. The SMILES string of the molecule is CC/C(=C\c1ccc(CO)o1)CC[C@H]1OB(O)C[C@H]2C1=C(C(C)C)C[C@H]1C(=O)N(C3CCCCC3)C(=O)[C@H]12. The number of rotatable bonds is 8. The quantitative estimate of drug-likeness (QED) is 0.278. The van der Waals surface area contributed by atoms with Crippen LogP contribution in [-0.4, -0.2) is 46.1 Å². The first kappa shape index (κ1) is 27.4. The smallest absolute Gasteiger partial charge is 0.455 e. The predicted octanol–water partition coefficient (Wildman–Crippen LogP) is 5.13. The molecular weight excluding hydrogens is 481 g/mol. The minimum absolute atomic E-state index is 0.0125. The maximum absolute atomic E-state index is 13.9. The molecule has 38 heavy (non-hydrogen) atoms. The molecule has 0 bridgehead atoms. The second-order valence-corrected chi connectivity index (χ2v) is 11.9. The minimum atomic E-state index is -0.946. The Bertz CT molecular complexity index is 1100. The van der Waals surface area contributed by atoms with E-state index in [-0.39, 0.29) is 54.2 Å². The van der Waals surface area contributed by atoms with Crippen molar-refractivity contribution in [2.75, 3.05) is 0 Å². The first-order chi connectivity index (χ1) is 18.3. The third kappa shape index (κ3) is 5.19. The number of hydrogen-bond donors (Lipinski definition) is 2. The lowest BCUT2D eigenvalue weighted by atomic mass is 9.57. The highest BCUT2D eigenvalue weighted by Crippen LogP contribution is 2.52. The summed E-state index contributed by atoms with van der Waals surface area (Å²) in [6.07, 6.45) is 10.2. The molecule has 2 saturated heterocycles. The van der Waals surface area contributed by atoms with E-state index >= 15 is 0 Å². The van der Waals surface area contributed by atoms with Gasteiger partial charge in [0.15, 0.2) is 0 Å². The molecule has 2 aliphatic heterocycles. The summed E-state index contributed by atoms with van der Waals surface area (Å²) in [5.41, 5.74) is 3.59. The van der Waals surface area contributed by atoms with Gasteiger partial charge in [-0.05, 0) is 80.5 Å². The molecule has 7 nitrogen and oxygen atoms in total. The maximum Gasteiger partial charge on any atom is 0.455 e. The number of carbonyl (C=O) groups excluding carboxylic acids is 2. The minimum Gasteiger partial charge on any atom is -0.459 e. The van der Waals surface area contributed by atoms with E-state index in [1.165, 1.54) is 17.6 Å². The standard InChI is InChI=1S/C30H42BNO6/c1-4-19(14-21-11-12-22(17-33)37-21)10-13-26-27-23(18(2)3)15-24-28(25(27)16-31(36)38-26)30(35)32(29(24)34)20-8-6-5-7-9-20/h11-12,14,18,20,24-26,28,33,36H,4-10,13,15-17H2,1-3H3/b19-14+/t24-,25+,26-,28-/m1/s1. The number of aliphatic hydroxyl groups is 1. The van der Waals surface area contributed by atoms with Crippen LogP contribution in [0.2, 0.25) is 6.32 Å². The maximum atomic E-state index is 13.9. The summed E-state index contributed by atoms with van der Waals surface area (Å²) in [6.45, 7) is 6.30. The molecule has 0 spiro atoms. The van der Waals surface area contributed by atoms with Crippen molar-refractivity contribution in [3.05, 3.63) is 40.4 Å². The Balaban J connectivity index is 1.41. The van der Waals surface area contributed by atoms with Crippen LogP contribution in [-0.2, 0) is 20.9 Å². The molecule has 1 aromatic heterocycles. The third-order valence-electron chi connectivity index (χ3n) is 9.28.